The zero-order valence-electron chi connectivity index (χ0n) is 14.7. The molecule has 164 valence electrons. The third kappa shape index (κ3) is 2.20. The van der Waals surface area contributed by atoms with Crippen LogP contribution in [0.5, 0.6) is 0 Å². The van der Waals surface area contributed by atoms with Gasteiger partial charge in [-0.3, -0.25) is 0 Å². The van der Waals surface area contributed by atoms with Gasteiger partial charge in [0.1, 0.15) is 0 Å². The van der Waals surface area contributed by atoms with Gasteiger partial charge in [-0.05, 0) is 0 Å². The van der Waals surface area contributed by atoms with Crippen molar-refractivity contribution < 1.29 is 52.7 Å². The predicted octanol–water partition coefficient (Wildman–Crippen LogP) is 3.68. The Morgan fingerprint density at radius 1 is 0.312 bits per heavy atom. The van der Waals surface area contributed by atoms with E-state index in [1.54, 1.807) is 0 Å². The summed E-state index contributed by atoms with van der Waals surface area (Å²) >= 11 is -5.32. The van der Waals surface area contributed by atoms with Crippen LogP contribution in [-0.2, 0) is 0 Å². The Labute approximate surface area is 174 Å². The SMILES string of the molecule is Fc1c(F)c(F)[c]2c(c1F)C1c3c(F)c(F)c(F)c(F)[c]3[Ga]2[c]2c(F)c(F)c(F)c(F)c21. The van der Waals surface area contributed by atoms with Crippen LogP contribution in [0.4, 0.5) is 52.7 Å². The van der Waals surface area contributed by atoms with Gasteiger partial charge in [0, 0.05) is 0 Å². The summed E-state index contributed by atoms with van der Waals surface area (Å²) in [7, 11) is 0. The molecule has 0 nitrogen and oxygen atoms in total. The molecule has 0 unspecified atom stereocenters. The van der Waals surface area contributed by atoms with Crippen LogP contribution in [0.15, 0.2) is 0 Å². The zero-order chi connectivity index (χ0) is 23.5. The Hall–Kier alpha value is -2.54. The fourth-order valence-corrected chi connectivity index (χ4v) is 12.6. The van der Waals surface area contributed by atoms with Gasteiger partial charge >= 0.3 is 174 Å². The van der Waals surface area contributed by atoms with E-state index in [0.29, 0.717) is 0 Å². The fourth-order valence-electron chi connectivity index (χ4n) is 4.56. The summed E-state index contributed by atoms with van der Waals surface area (Å²) in [5.41, 5.74) is -4.04. The van der Waals surface area contributed by atoms with Crippen molar-refractivity contribution in [2.75, 3.05) is 0 Å². The number of benzene rings is 3. The van der Waals surface area contributed by atoms with Gasteiger partial charge in [-0.2, -0.15) is 0 Å². The van der Waals surface area contributed by atoms with Crippen molar-refractivity contribution in [3.05, 3.63) is 86.5 Å². The normalized spacial score (nSPS) is 14.1. The Morgan fingerprint density at radius 2 is 0.531 bits per heavy atom. The second-order valence-electron chi connectivity index (χ2n) is 7.12. The first-order chi connectivity index (χ1) is 14.9. The molecule has 0 spiro atoms. The van der Waals surface area contributed by atoms with E-state index in [1.165, 1.54) is 0 Å². The van der Waals surface area contributed by atoms with Gasteiger partial charge in [-0.25, -0.2) is 0 Å². The number of hydrogen-bond donors (Lipinski definition) is 0. The molecule has 3 aliphatic heterocycles. The van der Waals surface area contributed by atoms with Crippen molar-refractivity contribution in [1.82, 2.24) is 0 Å². The van der Waals surface area contributed by atoms with E-state index in [4.69, 9.17) is 0 Å². The quantitative estimate of drug-likeness (QED) is 0.125. The monoisotopic (exact) mass is 526 g/mol. The molecule has 3 aromatic carbocycles. The van der Waals surface area contributed by atoms with Crippen LogP contribution in [0.25, 0.3) is 0 Å². The summed E-state index contributed by atoms with van der Waals surface area (Å²) in [6.07, 6.45) is 0. The summed E-state index contributed by atoms with van der Waals surface area (Å²) in [5, 5.41) is 0. The first kappa shape index (κ1) is 21.3. The molecule has 0 atom stereocenters. The number of rotatable bonds is 0. The van der Waals surface area contributed by atoms with Crippen molar-refractivity contribution in [2.24, 2.45) is 0 Å². The van der Waals surface area contributed by atoms with Gasteiger partial charge in [0.15, 0.2) is 0 Å². The molecular formula is C19HF12Ga. The molecule has 0 aromatic heterocycles. The summed E-state index contributed by atoms with van der Waals surface area (Å²) in [5.74, 6) is -30.7. The van der Waals surface area contributed by atoms with Gasteiger partial charge in [-0.1, -0.05) is 0 Å². The summed E-state index contributed by atoms with van der Waals surface area (Å²) in [6.45, 7) is 0. The van der Waals surface area contributed by atoms with Crippen molar-refractivity contribution in [1.29, 1.82) is 0 Å². The van der Waals surface area contributed by atoms with E-state index in [1.807, 2.05) is 0 Å². The second-order valence-corrected chi connectivity index (χ2v) is 12.6. The topological polar surface area (TPSA) is 0 Å². The van der Waals surface area contributed by atoms with Gasteiger partial charge < -0.3 is 0 Å². The van der Waals surface area contributed by atoms with Gasteiger partial charge in [0.25, 0.3) is 0 Å². The van der Waals surface area contributed by atoms with E-state index in [0.717, 1.165) is 0 Å². The molecule has 3 aromatic rings. The van der Waals surface area contributed by atoms with Gasteiger partial charge in [-0.15, -0.1) is 0 Å². The van der Waals surface area contributed by atoms with Crippen molar-refractivity contribution in [2.45, 2.75) is 5.92 Å². The van der Waals surface area contributed by atoms with Crippen molar-refractivity contribution in [3.8, 4) is 0 Å². The first-order valence-corrected chi connectivity index (χ1v) is 12.1. The van der Waals surface area contributed by atoms with Crippen molar-refractivity contribution >= 4 is 28.6 Å². The molecule has 6 rings (SSSR count). The third-order valence-electron chi connectivity index (χ3n) is 5.76. The molecular weight excluding hydrogens is 526 g/mol. The first-order valence-electron chi connectivity index (χ1n) is 8.50. The van der Waals surface area contributed by atoms with Crippen LogP contribution in [0.1, 0.15) is 22.6 Å². The Morgan fingerprint density at radius 3 is 0.781 bits per heavy atom. The standard InChI is InChI=1S/C19HF12.Ga/c20-7-1-4(11(23)17(29)14(7)26)10(5-2-8(21)15(27)18(30)12(5)24)6-3-9(22)16(28)19(31)13(6)25;/h10H;. The molecule has 0 N–H and O–H groups in total. The average Bonchev–Trinajstić information content (AvgIpc) is 2.78. The molecule has 32 heavy (non-hydrogen) atoms. The molecule has 0 saturated carbocycles. The van der Waals surface area contributed by atoms with Crippen LogP contribution >= 0.6 is 0 Å². The average molecular weight is 527 g/mol. The van der Waals surface area contributed by atoms with Crippen LogP contribution < -0.4 is 12.4 Å². The van der Waals surface area contributed by atoms with Crippen LogP contribution in [0, 0.1) is 69.8 Å². The van der Waals surface area contributed by atoms with E-state index in [2.05, 4.69) is 0 Å². The molecule has 0 fully saturated rings. The molecule has 0 radical (unpaired) electrons. The van der Waals surface area contributed by atoms with E-state index >= 15 is 0 Å². The summed E-state index contributed by atoms with van der Waals surface area (Å²) in [4.78, 5) is 0. The van der Waals surface area contributed by atoms with Gasteiger partial charge in [0.05, 0.1) is 0 Å². The van der Waals surface area contributed by atoms with Gasteiger partial charge in [0.2, 0.25) is 0 Å². The zero-order valence-corrected chi connectivity index (χ0v) is 17.1. The number of hydrogen-bond acceptors (Lipinski definition) is 0. The minimum atomic E-state index is -5.32. The number of halogens is 12. The van der Waals surface area contributed by atoms with Crippen LogP contribution in [0.3, 0.4) is 0 Å². The molecule has 0 saturated heterocycles. The van der Waals surface area contributed by atoms with E-state index in [-0.39, 0.29) is 0 Å². The Balaban J connectivity index is 2.09. The molecule has 0 amide bonds. The van der Waals surface area contributed by atoms with Crippen LogP contribution in [0.2, 0.25) is 0 Å². The van der Waals surface area contributed by atoms with E-state index < -0.39 is 121 Å². The fraction of sp³-hybridized carbons (Fsp3) is 0.0526. The molecule has 2 bridgehead atoms. The van der Waals surface area contributed by atoms with Crippen LogP contribution in [-0.4, -0.2) is 16.2 Å². The van der Waals surface area contributed by atoms with Crippen molar-refractivity contribution in [3.63, 3.8) is 0 Å². The molecule has 3 heterocycles. The molecule has 3 aliphatic rings. The molecule has 13 heteroatoms. The second kappa shape index (κ2) is 6.50. The third-order valence-corrected chi connectivity index (χ3v) is 12.9. The maximum atomic E-state index is 14.7. The summed E-state index contributed by atoms with van der Waals surface area (Å²) in [6, 6.07) is 0. The maximum absolute atomic E-state index is 14.7. The Kier molecular flexibility index (Phi) is 4.33. The van der Waals surface area contributed by atoms with E-state index in [9.17, 15) is 52.7 Å². The minimum absolute atomic E-state index is 1.24. The Bertz CT molecular complexity index is 1140. The predicted molar refractivity (Wildman–Crippen MR) is 84.4 cm³/mol. The molecule has 0 aliphatic carbocycles. The summed E-state index contributed by atoms with van der Waals surface area (Å²) < 4.78 is 168.